The number of aryl methyl sites for hydroxylation is 1. The van der Waals surface area contributed by atoms with Gasteiger partial charge in [-0.05, 0) is 71.7 Å². The number of nitrogens with zero attached hydrogens (tertiary/aromatic N) is 2. The fraction of sp³-hybridized carbons (Fsp3) is 0.500. The summed E-state index contributed by atoms with van der Waals surface area (Å²) in [6, 6.07) is 10.8. The first-order valence-corrected chi connectivity index (χ1v) is 12.6. The molecule has 1 saturated heterocycles. The Labute approximate surface area is 207 Å². The van der Waals surface area contributed by atoms with Gasteiger partial charge in [0.05, 0.1) is 24.8 Å². The van der Waals surface area contributed by atoms with Gasteiger partial charge < -0.3 is 24.5 Å². The van der Waals surface area contributed by atoms with Crippen molar-refractivity contribution in [2.45, 2.75) is 65.6 Å². The number of H-pyrrole nitrogens is 1. The zero-order chi connectivity index (χ0) is 25.3. The van der Waals surface area contributed by atoms with Crippen LogP contribution in [0.25, 0.3) is 10.9 Å². The number of amides is 1. The second-order valence-corrected chi connectivity index (χ2v) is 9.93. The third-order valence-electron chi connectivity index (χ3n) is 7.87. The fourth-order valence-electron chi connectivity index (χ4n) is 5.82. The molecule has 3 heterocycles. The van der Waals surface area contributed by atoms with E-state index in [0.29, 0.717) is 34.5 Å². The molecule has 188 valence electrons. The molecule has 0 radical (unpaired) electrons. The fourth-order valence-corrected chi connectivity index (χ4v) is 5.82. The first kappa shape index (κ1) is 25.0. The van der Waals surface area contributed by atoms with E-state index in [0.717, 1.165) is 42.4 Å². The molecule has 1 amide bonds. The molecule has 7 nitrogen and oxygen atoms in total. The Bertz CT molecular complexity index is 1280. The molecule has 35 heavy (non-hydrogen) atoms. The van der Waals surface area contributed by atoms with E-state index >= 15 is 0 Å². The number of pyridine rings is 1. The van der Waals surface area contributed by atoms with Gasteiger partial charge in [-0.15, -0.1) is 0 Å². The van der Waals surface area contributed by atoms with Gasteiger partial charge in [0.1, 0.15) is 5.75 Å². The molecule has 0 spiro atoms. The number of carbonyl (C=O) groups excluding carboxylic acids is 1. The van der Waals surface area contributed by atoms with Gasteiger partial charge in [-0.25, -0.2) is 0 Å². The number of aromatic nitrogens is 2. The number of piperidine rings is 1. The van der Waals surface area contributed by atoms with Gasteiger partial charge >= 0.3 is 0 Å². The number of hydrogen-bond acceptors (Lipinski definition) is 4. The average molecular weight is 479 g/mol. The monoisotopic (exact) mass is 478 g/mol. The number of hydrogen-bond donors (Lipinski definition) is 2. The molecule has 2 N–H and O–H groups in total. The molecule has 7 heteroatoms. The summed E-state index contributed by atoms with van der Waals surface area (Å²) in [5, 5.41) is 3.92. The summed E-state index contributed by atoms with van der Waals surface area (Å²) in [5.41, 5.74) is 3.61. The van der Waals surface area contributed by atoms with Crippen molar-refractivity contribution in [2.24, 2.45) is 5.92 Å². The van der Waals surface area contributed by atoms with E-state index in [1.807, 2.05) is 25.1 Å². The van der Waals surface area contributed by atoms with E-state index in [4.69, 9.17) is 4.74 Å². The summed E-state index contributed by atoms with van der Waals surface area (Å²) in [7, 11) is 3.76. The summed E-state index contributed by atoms with van der Waals surface area (Å²) in [6.07, 6.45) is 3.47. The van der Waals surface area contributed by atoms with Crippen LogP contribution in [0.15, 0.2) is 35.1 Å². The highest BCUT2D eigenvalue weighted by Gasteiger charge is 2.31. The number of methoxy groups -OCH3 is 1. The minimum atomic E-state index is -0.248. The van der Waals surface area contributed by atoms with Crippen LogP contribution in [-0.4, -0.2) is 47.1 Å². The lowest BCUT2D eigenvalue weighted by Crippen LogP contribution is -2.41. The first-order valence-electron chi connectivity index (χ1n) is 12.6. The molecule has 3 unspecified atom stereocenters. The van der Waals surface area contributed by atoms with Crippen LogP contribution in [0, 0.1) is 19.8 Å². The molecular weight excluding hydrogens is 440 g/mol. The second kappa shape index (κ2) is 10.3. The van der Waals surface area contributed by atoms with Crippen LogP contribution < -0.4 is 15.6 Å². The van der Waals surface area contributed by atoms with Crippen LogP contribution in [0.3, 0.4) is 0 Å². The van der Waals surface area contributed by atoms with Crippen molar-refractivity contribution in [1.82, 2.24) is 19.8 Å². The van der Waals surface area contributed by atoms with Gasteiger partial charge in [-0.1, -0.05) is 25.1 Å². The molecule has 3 atom stereocenters. The lowest BCUT2D eigenvalue weighted by molar-refractivity contribution is 0.0950. The molecule has 1 fully saturated rings. The summed E-state index contributed by atoms with van der Waals surface area (Å²) in [6.45, 7) is 9.60. The minimum Gasteiger partial charge on any atom is -0.496 e. The number of aromatic amines is 1. The van der Waals surface area contributed by atoms with Crippen molar-refractivity contribution in [3.05, 3.63) is 63.2 Å². The molecule has 1 aliphatic heterocycles. The predicted octanol–water partition coefficient (Wildman–Crippen LogP) is 4.57. The lowest BCUT2D eigenvalue weighted by atomic mass is 9.85. The molecule has 0 saturated carbocycles. The standard InChI is InChI=1S/C28H38N4O3/c1-7-21-15-20(12-13-31(21)5)18(3)32-19(4)26(22-10-8-9-11-24(22)32)28(34)29-16-23-25(35-6)14-17(2)30-27(23)33/h8-11,14,18,20-21H,7,12-13,15-16H2,1-6H3,(H,29,34)(H,30,33). The van der Waals surface area contributed by atoms with Gasteiger partial charge in [0, 0.05) is 34.4 Å². The smallest absolute Gasteiger partial charge is 0.256 e. The number of nitrogens with one attached hydrogen (secondary N) is 2. The Morgan fingerprint density at radius 3 is 2.74 bits per heavy atom. The summed E-state index contributed by atoms with van der Waals surface area (Å²) in [5.74, 6) is 0.852. The van der Waals surface area contributed by atoms with E-state index in [2.05, 4.69) is 46.7 Å². The summed E-state index contributed by atoms with van der Waals surface area (Å²) >= 11 is 0. The number of benzene rings is 1. The van der Waals surface area contributed by atoms with E-state index in [1.54, 1.807) is 13.0 Å². The number of carbonyl (C=O) groups is 1. The van der Waals surface area contributed by atoms with Gasteiger partial charge in [0.25, 0.3) is 11.5 Å². The zero-order valence-corrected chi connectivity index (χ0v) is 21.8. The predicted molar refractivity (Wildman–Crippen MR) is 140 cm³/mol. The Morgan fingerprint density at radius 1 is 1.29 bits per heavy atom. The normalized spacial score (nSPS) is 19.6. The van der Waals surface area contributed by atoms with Crippen molar-refractivity contribution in [3.8, 4) is 5.75 Å². The van der Waals surface area contributed by atoms with Crippen molar-refractivity contribution >= 4 is 16.8 Å². The third-order valence-corrected chi connectivity index (χ3v) is 7.87. The molecular formula is C28H38N4O3. The SMILES string of the molecule is CCC1CC(C(C)n2c(C)c(C(=O)NCc3c(OC)cc(C)[nH]c3=O)c3ccccc32)CCN1C. The largest absolute Gasteiger partial charge is 0.496 e. The van der Waals surface area contributed by atoms with Crippen molar-refractivity contribution in [3.63, 3.8) is 0 Å². The van der Waals surface area contributed by atoms with E-state index in [9.17, 15) is 9.59 Å². The second-order valence-electron chi connectivity index (χ2n) is 9.93. The Balaban J connectivity index is 1.65. The molecule has 1 aliphatic rings. The maximum absolute atomic E-state index is 13.5. The van der Waals surface area contributed by atoms with Gasteiger partial charge in [-0.2, -0.15) is 0 Å². The number of likely N-dealkylation sites (tertiary alicyclic amines) is 1. The Kier molecular flexibility index (Phi) is 7.36. The van der Waals surface area contributed by atoms with Gasteiger partial charge in [0.15, 0.2) is 0 Å². The highest BCUT2D eigenvalue weighted by Crippen LogP contribution is 2.37. The van der Waals surface area contributed by atoms with Crippen molar-refractivity contribution in [1.29, 1.82) is 0 Å². The number of fused-ring (bicyclic) bond motifs is 1. The Hall–Kier alpha value is -3.06. The van der Waals surface area contributed by atoms with Crippen LogP contribution in [0.1, 0.15) is 66.5 Å². The van der Waals surface area contributed by atoms with Crippen LogP contribution in [-0.2, 0) is 6.54 Å². The first-order chi connectivity index (χ1) is 16.8. The number of ether oxygens (including phenoxy) is 1. The molecule has 1 aromatic carbocycles. The van der Waals surface area contributed by atoms with Crippen molar-refractivity contribution < 1.29 is 9.53 Å². The maximum atomic E-state index is 13.5. The van der Waals surface area contributed by atoms with Crippen LogP contribution in [0.4, 0.5) is 0 Å². The summed E-state index contributed by atoms with van der Waals surface area (Å²) < 4.78 is 7.74. The highest BCUT2D eigenvalue weighted by atomic mass is 16.5. The average Bonchev–Trinajstić information content (AvgIpc) is 3.14. The van der Waals surface area contributed by atoms with Crippen LogP contribution in [0.5, 0.6) is 5.75 Å². The van der Waals surface area contributed by atoms with Crippen LogP contribution in [0.2, 0.25) is 0 Å². The van der Waals surface area contributed by atoms with Gasteiger partial charge in [0.2, 0.25) is 0 Å². The quantitative estimate of drug-likeness (QED) is 0.522. The summed E-state index contributed by atoms with van der Waals surface area (Å²) in [4.78, 5) is 31.3. The molecule has 3 aromatic rings. The molecule has 0 bridgehead atoms. The topological polar surface area (TPSA) is 79.4 Å². The highest BCUT2D eigenvalue weighted by molar-refractivity contribution is 6.08. The lowest BCUT2D eigenvalue weighted by Gasteiger charge is -2.40. The molecule has 2 aromatic heterocycles. The van der Waals surface area contributed by atoms with Crippen molar-refractivity contribution in [2.75, 3.05) is 20.7 Å². The van der Waals surface area contributed by atoms with E-state index in [1.165, 1.54) is 7.11 Å². The Morgan fingerprint density at radius 2 is 2.03 bits per heavy atom. The number of rotatable bonds is 7. The number of para-hydroxylation sites is 1. The maximum Gasteiger partial charge on any atom is 0.256 e. The molecule has 0 aliphatic carbocycles. The van der Waals surface area contributed by atoms with E-state index < -0.39 is 0 Å². The van der Waals surface area contributed by atoms with Crippen LogP contribution >= 0.6 is 0 Å². The zero-order valence-electron chi connectivity index (χ0n) is 21.8. The minimum absolute atomic E-state index is 0.0965. The van der Waals surface area contributed by atoms with E-state index in [-0.39, 0.29) is 24.1 Å². The third kappa shape index (κ3) is 4.74. The molecule has 4 rings (SSSR count). The van der Waals surface area contributed by atoms with Gasteiger partial charge in [-0.3, -0.25) is 9.59 Å².